The Balaban J connectivity index is 1.53. The molecule has 29 heavy (non-hydrogen) atoms. The largest absolute Gasteiger partial charge is 0.433 e. The molecule has 2 atom stereocenters. The van der Waals surface area contributed by atoms with Crippen LogP contribution in [-0.4, -0.2) is 46.9 Å². The normalized spacial score (nSPS) is 19.8. The summed E-state index contributed by atoms with van der Waals surface area (Å²) in [6.07, 6.45) is -3.22. The number of hydrogen-bond donors (Lipinski definition) is 1. The molecular formula is C19H21F3N4O2S. The van der Waals surface area contributed by atoms with Gasteiger partial charge in [-0.1, -0.05) is 11.8 Å². The Hall–Kier alpha value is -2.33. The van der Waals surface area contributed by atoms with Gasteiger partial charge in [0.2, 0.25) is 5.91 Å². The van der Waals surface area contributed by atoms with E-state index in [-0.39, 0.29) is 29.0 Å². The van der Waals surface area contributed by atoms with E-state index in [1.165, 1.54) is 0 Å². The van der Waals surface area contributed by atoms with Crippen molar-refractivity contribution in [3.8, 4) is 0 Å². The van der Waals surface area contributed by atoms with Crippen molar-refractivity contribution in [2.45, 2.75) is 37.4 Å². The van der Waals surface area contributed by atoms with Crippen LogP contribution in [0.1, 0.15) is 19.5 Å². The molecule has 1 aliphatic heterocycles. The summed E-state index contributed by atoms with van der Waals surface area (Å²) >= 11 is 0.848. The van der Waals surface area contributed by atoms with Gasteiger partial charge in [-0.25, -0.2) is 9.97 Å². The summed E-state index contributed by atoms with van der Waals surface area (Å²) in [5.74, 6) is -0.445. The lowest BCUT2D eigenvalue weighted by molar-refractivity contribution is -0.141. The third kappa shape index (κ3) is 6.07. The molecule has 6 nitrogen and oxygen atoms in total. The minimum absolute atomic E-state index is 0.0957. The van der Waals surface area contributed by atoms with Gasteiger partial charge in [0.1, 0.15) is 5.69 Å². The molecule has 2 unspecified atom stereocenters. The van der Waals surface area contributed by atoms with E-state index in [2.05, 4.69) is 20.2 Å². The molecule has 156 valence electrons. The maximum atomic E-state index is 12.7. The Morgan fingerprint density at radius 3 is 2.48 bits per heavy atom. The van der Waals surface area contributed by atoms with E-state index in [0.29, 0.717) is 5.69 Å². The van der Waals surface area contributed by atoms with Gasteiger partial charge >= 0.3 is 6.18 Å². The molecule has 1 saturated heterocycles. The minimum atomic E-state index is -4.54. The minimum Gasteiger partial charge on any atom is -0.372 e. The Morgan fingerprint density at radius 2 is 1.86 bits per heavy atom. The second-order valence-electron chi connectivity index (χ2n) is 6.77. The number of morpholine rings is 1. The molecule has 0 saturated carbocycles. The third-order valence-electron chi connectivity index (χ3n) is 4.19. The predicted molar refractivity (Wildman–Crippen MR) is 105 cm³/mol. The van der Waals surface area contributed by atoms with Gasteiger partial charge in [0, 0.05) is 30.7 Å². The summed E-state index contributed by atoms with van der Waals surface area (Å²) in [5.41, 5.74) is 0.619. The lowest BCUT2D eigenvalue weighted by Crippen LogP contribution is -2.45. The quantitative estimate of drug-likeness (QED) is 0.579. The van der Waals surface area contributed by atoms with E-state index in [1.807, 2.05) is 26.0 Å². The van der Waals surface area contributed by atoms with Crippen LogP contribution < -0.4 is 10.2 Å². The maximum absolute atomic E-state index is 12.7. The van der Waals surface area contributed by atoms with Gasteiger partial charge in [-0.2, -0.15) is 13.2 Å². The third-order valence-corrected chi connectivity index (χ3v) is 5.05. The summed E-state index contributed by atoms with van der Waals surface area (Å²) in [4.78, 5) is 21.5. The molecule has 1 fully saturated rings. The number of amides is 1. The Morgan fingerprint density at radius 1 is 1.21 bits per heavy atom. The second kappa shape index (κ2) is 9.00. The SMILES string of the molecule is CC1CN(c2ccc(NC(=O)CSc3nccc(C(F)(F)F)n3)cc2)CC(C)O1. The van der Waals surface area contributed by atoms with Crippen LogP contribution in [-0.2, 0) is 15.7 Å². The Bertz CT molecular complexity index is 838. The first-order valence-electron chi connectivity index (χ1n) is 9.04. The fraction of sp³-hybridized carbons (Fsp3) is 0.421. The smallest absolute Gasteiger partial charge is 0.372 e. The molecular weight excluding hydrogens is 405 g/mol. The highest BCUT2D eigenvalue weighted by Crippen LogP contribution is 2.28. The molecule has 1 amide bonds. The number of ether oxygens (including phenoxy) is 1. The van der Waals surface area contributed by atoms with Gasteiger partial charge in [0.05, 0.1) is 18.0 Å². The van der Waals surface area contributed by atoms with Crippen molar-refractivity contribution in [3.63, 3.8) is 0 Å². The molecule has 0 bridgehead atoms. The van der Waals surface area contributed by atoms with Gasteiger partial charge in [-0.15, -0.1) is 0 Å². The summed E-state index contributed by atoms with van der Waals surface area (Å²) in [5, 5.41) is 2.63. The zero-order valence-corrected chi connectivity index (χ0v) is 16.8. The molecule has 0 radical (unpaired) electrons. The van der Waals surface area contributed by atoms with Crippen LogP contribution in [0.2, 0.25) is 0 Å². The first-order chi connectivity index (χ1) is 13.7. The molecule has 10 heteroatoms. The Kier molecular flexibility index (Phi) is 6.63. The van der Waals surface area contributed by atoms with E-state index >= 15 is 0 Å². The zero-order valence-electron chi connectivity index (χ0n) is 15.9. The first-order valence-corrected chi connectivity index (χ1v) is 10.0. The molecule has 1 aromatic carbocycles. The van der Waals surface area contributed by atoms with Crippen molar-refractivity contribution in [3.05, 3.63) is 42.2 Å². The molecule has 2 heterocycles. The maximum Gasteiger partial charge on any atom is 0.433 e. The van der Waals surface area contributed by atoms with Crippen LogP contribution in [0.15, 0.2) is 41.7 Å². The van der Waals surface area contributed by atoms with Crippen LogP contribution in [0.5, 0.6) is 0 Å². The number of thioether (sulfide) groups is 1. The fourth-order valence-electron chi connectivity index (χ4n) is 3.04. The predicted octanol–water partition coefficient (Wildman–Crippen LogP) is 3.84. The second-order valence-corrected chi connectivity index (χ2v) is 7.71. The number of rotatable bonds is 5. The van der Waals surface area contributed by atoms with Crippen LogP contribution in [0.3, 0.4) is 0 Å². The highest BCUT2D eigenvalue weighted by atomic mass is 32.2. The molecule has 1 aliphatic rings. The molecule has 1 aromatic heterocycles. The lowest BCUT2D eigenvalue weighted by atomic mass is 10.2. The van der Waals surface area contributed by atoms with Gasteiger partial charge in [0.25, 0.3) is 0 Å². The van der Waals surface area contributed by atoms with Crippen molar-refractivity contribution in [1.82, 2.24) is 9.97 Å². The zero-order chi connectivity index (χ0) is 21.0. The number of halogens is 3. The number of aromatic nitrogens is 2. The van der Waals surface area contributed by atoms with Crippen molar-refractivity contribution in [2.75, 3.05) is 29.1 Å². The molecule has 1 N–H and O–H groups in total. The van der Waals surface area contributed by atoms with Gasteiger partial charge in [0.15, 0.2) is 5.16 Å². The van der Waals surface area contributed by atoms with E-state index in [4.69, 9.17) is 4.74 Å². The number of benzene rings is 1. The number of alkyl halides is 3. The van der Waals surface area contributed by atoms with Gasteiger partial charge < -0.3 is 15.0 Å². The number of carbonyl (C=O) groups is 1. The van der Waals surface area contributed by atoms with E-state index in [9.17, 15) is 18.0 Å². The first kappa shape index (κ1) is 21.4. The van der Waals surface area contributed by atoms with Gasteiger partial charge in [-0.3, -0.25) is 4.79 Å². The molecule has 0 spiro atoms. The number of nitrogens with one attached hydrogen (secondary N) is 1. The van der Waals surface area contributed by atoms with E-state index < -0.39 is 11.9 Å². The molecule has 3 rings (SSSR count). The van der Waals surface area contributed by atoms with E-state index in [1.54, 1.807) is 12.1 Å². The lowest BCUT2D eigenvalue weighted by Gasteiger charge is -2.36. The van der Waals surface area contributed by atoms with Crippen LogP contribution >= 0.6 is 11.8 Å². The number of hydrogen-bond acceptors (Lipinski definition) is 6. The standard InChI is InChI=1S/C19H21F3N4O2S/c1-12-9-26(10-13(2)28-12)15-5-3-14(4-6-15)24-17(27)11-29-18-23-8-7-16(25-18)19(20,21)22/h3-8,12-13H,9-11H2,1-2H3,(H,24,27). The highest BCUT2D eigenvalue weighted by molar-refractivity contribution is 7.99. The van der Waals surface area contributed by atoms with Crippen molar-refractivity contribution < 1.29 is 22.7 Å². The Labute approximate surface area is 170 Å². The summed E-state index contributed by atoms with van der Waals surface area (Å²) in [7, 11) is 0. The summed E-state index contributed by atoms with van der Waals surface area (Å²) in [6, 6.07) is 8.22. The number of anilines is 2. The molecule has 0 aliphatic carbocycles. The molecule has 2 aromatic rings. The monoisotopic (exact) mass is 426 g/mol. The van der Waals surface area contributed by atoms with Crippen LogP contribution in [0.25, 0.3) is 0 Å². The summed E-state index contributed by atoms with van der Waals surface area (Å²) in [6.45, 7) is 5.65. The van der Waals surface area contributed by atoms with E-state index in [0.717, 1.165) is 42.8 Å². The van der Waals surface area contributed by atoms with Crippen molar-refractivity contribution in [2.24, 2.45) is 0 Å². The highest BCUT2D eigenvalue weighted by Gasteiger charge is 2.32. The number of nitrogens with zero attached hydrogens (tertiary/aromatic N) is 3. The fourth-order valence-corrected chi connectivity index (χ4v) is 3.67. The average Bonchev–Trinajstić information content (AvgIpc) is 2.66. The topological polar surface area (TPSA) is 67.4 Å². The van der Waals surface area contributed by atoms with Crippen LogP contribution in [0, 0.1) is 0 Å². The van der Waals surface area contributed by atoms with Gasteiger partial charge in [-0.05, 0) is 44.2 Å². The summed E-state index contributed by atoms with van der Waals surface area (Å²) < 4.78 is 43.8. The van der Waals surface area contributed by atoms with Crippen molar-refractivity contribution in [1.29, 1.82) is 0 Å². The van der Waals surface area contributed by atoms with Crippen molar-refractivity contribution >= 4 is 29.0 Å². The number of carbonyl (C=O) groups excluding carboxylic acids is 1. The van der Waals surface area contributed by atoms with Crippen LogP contribution in [0.4, 0.5) is 24.5 Å². The average molecular weight is 426 g/mol.